The van der Waals surface area contributed by atoms with Crippen LogP contribution in [0, 0.1) is 6.92 Å². The van der Waals surface area contributed by atoms with Crippen LogP contribution in [0.2, 0.25) is 0 Å². The van der Waals surface area contributed by atoms with E-state index < -0.39 is 0 Å². The molecule has 10 heavy (non-hydrogen) atoms. The van der Waals surface area contributed by atoms with Gasteiger partial charge in [-0.3, -0.25) is 0 Å². The minimum absolute atomic E-state index is 0.782. The molecule has 1 radical (unpaired) electrons. The van der Waals surface area contributed by atoms with Crippen molar-refractivity contribution >= 4 is 0 Å². The van der Waals surface area contributed by atoms with Gasteiger partial charge in [-0.05, 0) is 25.0 Å². The van der Waals surface area contributed by atoms with Crippen molar-refractivity contribution in [2.75, 3.05) is 7.11 Å². The van der Waals surface area contributed by atoms with Gasteiger partial charge in [-0.25, -0.2) is 0 Å². The van der Waals surface area contributed by atoms with Crippen molar-refractivity contribution in [3.63, 3.8) is 0 Å². The molecule has 0 atom stereocenters. The van der Waals surface area contributed by atoms with E-state index in [9.17, 15) is 0 Å². The van der Waals surface area contributed by atoms with Crippen LogP contribution in [0.1, 0.15) is 5.56 Å². The summed E-state index contributed by atoms with van der Waals surface area (Å²) in [6, 6.07) is 7.91. The molecule has 0 amide bonds. The van der Waals surface area contributed by atoms with Crippen LogP contribution in [-0.2, 0) is 6.42 Å². The fourth-order valence-corrected chi connectivity index (χ4v) is 0.910. The van der Waals surface area contributed by atoms with Crippen molar-refractivity contribution in [2.24, 2.45) is 0 Å². The normalized spacial score (nSPS) is 9.40. The molecule has 0 aliphatic rings. The van der Waals surface area contributed by atoms with Crippen LogP contribution >= 0.6 is 0 Å². The highest BCUT2D eigenvalue weighted by Gasteiger charge is 1.95. The Morgan fingerprint density at radius 3 is 2.60 bits per heavy atom. The van der Waals surface area contributed by atoms with Gasteiger partial charge in [0.15, 0.2) is 0 Å². The summed E-state index contributed by atoms with van der Waals surface area (Å²) < 4.78 is 5.10. The maximum Gasteiger partial charge on any atom is 0.122 e. The lowest BCUT2D eigenvalue weighted by molar-refractivity contribution is 0.410. The third-order valence-electron chi connectivity index (χ3n) is 1.46. The molecule has 0 N–H and O–H groups in total. The minimum atomic E-state index is 0.782. The summed E-state index contributed by atoms with van der Waals surface area (Å²) in [6.07, 6.45) is 0.782. The Labute approximate surface area is 61.6 Å². The summed E-state index contributed by atoms with van der Waals surface area (Å²) in [4.78, 5) is 0. The van der Waals surface area contributed by atoms with Crippen LogP contribution in [0.5, 0.6) is 5.75 Å². The number of hydrogen-bond donors (Lipinski definition) is 0. The predicted molar refractivity (Wildman–Crippen MR) is 42.1 cm³/mol. The number of methoxy groups -OCH3 is 1. The van der Waals surface area contributed by atoms with Crippen molar-refractivity contribution in [2.45, 2.75) is 6.42 Å². The second-order valence-corrected chi connectivity index (χ2v) is 2.06. The fourth-order valence-electron chi connectivity index (χ4n) is 0.910. The molecular weight excluding hydrogens is 124 g/mol. The zero-order valence-corrected chi connectivity index (χ0v) is 6.13. The molecule has 1 aromatic rings. The van der Waals surface area contributed by atoms with Crippen molar-refractivity contribution in [3.05, 3.63) is 36.8 Å². The lowest BCUT2D eigenvalue weighted by Gasteiger charge is -2.03. The molecule has 0 spiro atoms. The standard InChI is InChI=1S/C9H11O/c1-3-8-6-4-5-7-9(8)10-2/h4-7H,1,3H2,2H3. The Morgan fingerprint density at radius 2 is 2.10 bits per heavy atom. The van der Waals surface area contributed by atoms with E-state index in [-0.39, 0.29) is 0 Å². The highest BCUT2D eigenvalue weighted by atomic mass is 16.5. The Kier molecular flexibility index (Phi) is 2.32. The van der Waals surface area contributed by atoms with E-state index in [0.29, 0.717) is 0 Å². The van der Waals surface area contributed by atoms with Gasteiger partial charge in [-0.1, -0.05) is 18.2 Å². The fraction of sp³-hybridized carbons (Fsp3) is 0.222. The smallest absolute Gasteiger partial charge is 0.122 e. The Morgan fingerprint density at radius 1 is 1.40 bits per heavy atom. The summed E-state index contributed by atoms with van der Waals surface area (Å²) in [5.74, 6) is 0.928. The molecule has 0 fully saturated rings. The second-order valence-electron chi connectivity index (χ2n) is 2.06. The molecule has 0 saturated carbocycles. The molecular formula is C9H11O. The number of para-hydroxylation sites is 1. The van der Waals surface area contributed by atoms with E-state index in [1.54, 1.807) is 7.11 Å². The Hall–Kier alpha value is -0.980. The van der Waals surface area contributed by atoms with Gasteiger partial charge >= 0.3 is 0 Å². The number of benzene rings is 1. The van der Waals surface area contributed by atoms with Crippen LogP contribution in [0.25, 0.3) is 0 Å². The quantitative estimate of drug-likeness (QED) is 0.603. The summed E-state index contributed by atoms with van der Waals surface area (Å²) in [5, 5.41) is 0. The second kappa shape index (κ2) is 3.25. The van der Waals surface area contributed by atoms with Crippen LogP contribution in [0.4, 0.5) is 0 Å². The summed E-state index contributed by atoms with van der Waals surface area (Å²) in [7, 11) is 1.68. The molecule has 1 rings (SSSR count). The third kappa shape index (κ3) is 1.29. The van der Waals surface area contributed by atoms with Gasteiger partial charge < -0.3 is 4.74 Å². The molecule has 0 aliphatic heterocycles. The molecule has 0 saturated heterocycles. The average molecular weight is 135 g/mol. The van der Waals surface area contributed by atoms with Gasteiger partial charge in [0.25, 0.3) is 0 Å². The highest BCUT2D eigenvalue weighted by Crippen LogP contribution is 2.16. The van der Waals surface area contributed by atoms with E-state index in [4.69, 9.17) is 4.74 Å². The van der Waals surface area contributed by atoms with Gasteiger partial charge in [0, 0.05) is 0 Å². The van der Waals surface area contributed by atoms with Crippen LogP contribution in [0.3, 0.4) is 0 Å². The Bertz CT molecular complexity index is 183. The van der Waals surface area contributed by atoms with E-state index in [1.165, 1.54) is 0 Å². The van der Waals surface area contributed by atoms with Crippen molar-refractivity contribution in [1.82, 2.24) is 0 Å². The van der Waals surface area contributed by atoms with Gasteiger partial charge in [0.1, 0.15) is 5.75 Å². The molecule has 0 aromatic heterocycles. The van der Waals surface area contributed by atoms with E-state index in [0.717, 1.165) is 17.7 Å². The maximum absolute atomic E-state index is 5.10. The van der Waals surface area contributed by atoms with Gasteiger partial charge in [-0.15, -0.1) is 0 Å². The molecule has 0 heterocycles. The van der Waals surface area contributed by atoms with Gasteiger partial charge in [-0.2, -0.15) is 0 Å². The molecule has 1 nitrogen and oxygen atoms in total. The number of rotatable bonds is 2. The largest absolute Gasteiger partial charge is 0.496 e. The molecule has 53 valence electrons. The van der Waals surface area contributed by atoms with Crippen LogP contribution < -0.4 is 4.74 Å². The number of ether oxygens (including phenoxy) is 1. The first-order valence-corrected chi connectivity index (χ1v) is 3.29. The zero-order chi connectivity index (χ0) is 7.40. The zero-order valence-electron chi connectivity index (χ0n) is 6.13. The van der Waals surface area contributed by atoms with Crippen molar-refractivity contribution in [1.29, 1.82) is 0 Å². The monoisotopic (exact) mass is 135 g/mol. The summed E-state index contributed by atoms with van der Waals surface area (Å²) >= 11 is 0. The SMILES string of the molecule is [CH2]Cc1ccccc1OC. The Balaban J connectivity index is 2.96. The van der Waals surface area contributed by atoms with E-state index in [2.05, 4.69) is 6.92 Å². The lowest BCUT2D eigenvalue weighted by Crippen LogP contribution is -1.88. The van der Waals surface area contributed by atoms with Gasteiger partial charge in [0.05, 0.1) is 7.11 Å². The number of hydrogen-bond acceptors (Lipinski definition) is 1. The molecule has 1 heteroatoms. The highest BCUT2D eigenvalue weighted by molar-refractivity contribution is 5.33. The maximum atomic E-state index is 5.10. The first kappa shape index (κ1) is 7.13. The van der Waals surface area contributed by atoms with Crippen LogP contribution in [-0.4, -0.2) is 7.11 Å². The summed E-state index contributed by atoms with van der Waals surface area (Å²) in [6.45, 7) is 3.78. The minimum Gasteiger partial charge on any atom is -0.496 e. The van der Waals surface area contributed by atoms with E-state index >= 15 is 0 Å². The predicted octanol–water partition coefficient (Wildman–Crippen LogP) is 2.07. The topological polar surface area (TPSA) is 9.23 Å². The molecule has 0 aliphatic carbocycles. The first-order valence-electron chi connectivity index (χ1n) is 3.29. The molecule has 0 unspecified atom stereocenters. The molecule has 1 aromatic carbocycles. The summed E-state index contributed by atoms with van der Waals surface area (Å²) in [5.41, 5.74) is 1.16. The third-order valence-corrected chi connectivity index (χ3v) is 1.46. The molecule has 0 bridgehead atoms. The van der Waals surface area contributed by atoms with Crippen LogP contribution in [0.15, 0.2) is 24.3 Å². The lowest BCUT2D eigenvalue weighted by atomic mass is 10.1. The first-order chi connectivity index (χ1) is 4.88. The van der Waals surface area contributed by atoms with E-state index in [1.807, 2.05) is 24.3 Å². The van der Waals surface area contributed by atoms with Crippen molar-refractivity contribution in [3.8, 4) is 5.75 Å². The average Bonchev–Trinajstić information content (AvgIpc) is 2.04. The van der Waals surface area contributed by atoms with Crippen molar-refractivity contribution < 1.29 is 4.74 Å². The van der Waals surface area contributed by atoms with Gasteiger partial charge in [0.2, 0.25) is 0 Å².